The molecule has 136 valence electrons. The molecule has 1 aromatic heterocycles. The molecular formula is C21H26N4O. The molecule has 0 radical (unpaired) electrons. The molecule has 5 nitrogen and oxygen atoms in total. The molecule has 0 bridgehead atoms. The maximum Gasteiger partial charge on any atom is 0.118 e. The maximum atomic E-state index is 5.83. The van der Waals surface area contributed by atoms with Crippen LogP contribution in [-0.4, -0.2) is 41.8 Å². The summed E-state index contributed by atoms with van der Waals surface area (Å²) in [7, 11) is 1.67. The monoisotopic (exact) mass is 350 g/mol. The predicted molar refractivity (Wildman–Crippen MR) is 105 cm³/mol. The molecule has 3 rings (SSSR count). The molecule has 0 fully saturated rings. The molecule has 0 saturated heterocycles. The Morgan fingerprint density at radius 3 is 2.50 bits per heavy atom. The molecular weight excluding hydrogens is 324 g/mol. The van der Waals surface area contributed by atoms with E-state index in [4.69, 9.17) is 10.5 Å². The van der Waals surface area contributed by atoms with Gasteiger partial charge in [0.1, 0.15) is 5.75 Å². The highest BCUT2D eigenvalue weighted by atomic mass is 16.5. The molecule has 3 aromatic rings. The largest absolute Gasteiger partial charge is 0.497 e. The van der Waals surface area contributed by atoms with Gasteiger partial charge in [0.2, 0.25) is 0 Å². The second-order valence-corrected chi connectivity index (χ2v) is 6.30. The highest BCUT2D eigenvalue weighted by molar-refractivity contribution is 5.63. The minimum atomic E-state index is 0.643. The van der Waals surface area contributed by atoms with E-state index in [1.165, 1.54) is 11.1 Å². The van der Waals surface area contributed by atoms with Crippen molar-refractivity contribution in [2.45, 2.75) is 13.0 Å². The van der Waals surface area contributed by atoms with Crippen LogP contribution in [0.4, 0.5) is 0 Å². The van der Waals surface area contributed by atoms with Crippen LogP contribution in [0.2, 0.25) is 0 Å². The number of nitrogens with zero attached hydrogens (tertiary/aromatic N) is 2. The quantitative estimate of drug-likeness (QED) is 0.622. The molecule has 3 N–H and O–H groups in total. The van der Waals surface area contributed by atoms with Gasteiger partial charge in [-0.1, -0.05) is 30.3 Å². The number of hydrogen-bond acceptors (Lipinski definition) is 4. The molecule has 0 atom stereocenters. The minimum absolute atomic E-state index is 0.643. The van der Waals surface area contributed by atoms with Crippen molar-refractivity contribution in [1.29, 1.82) is 0 Å². The zero-order valence-corrected chi connectivity index (χ0v) is 15.2. The van der Waals surface area contributed by atoms with Crippen molar-refractivity contribution >= 4 is 0 Å². The number of nitrogens with two attached hydrogens (primary N) is 1. The Labute approximate surface area is 154 Å². The van der Waals surface area contributed by atoms with Crippen LogP contribution >= 0.6 is 0 Å². The Morgan fingerprint density at radius 1 is 1.04 bits per heavy atom. The van der Waals surface area contributed by atoms with Crippen LogP contribution in [-0.2, 0) is 13.0 Å². The first kappa shape index (κ1) is 18.2. The van der Waals surface area contributed by atoms with Crippen LogP contribution in [0.1, 0.15) is 11.1 Å². The highest BCUT2D eigenvalue weighted by Crippen LogP contribution is 2.24. The van der Waals surface area contributed by atoms with Gasteiger partial charge in [-0.25, -0.2) is 0 Å². The standard InChI is InChI=1S/C21H26N4O/c1-26-20-9-7-18(8-10-20)21-19(15-23-24-21)16-25(14-12-22)13-11-17-5-3-2-4-6-17/h2-10,15H,11-14,16,22H2,1H3,(H,23,24). The number of methoxy groups -OCH3 is 1. The number of hydrogen-bond donors (Lipinski definition) is 2. The summed E-state index contributed by atoms with van der Waals surface area (Å²) in [5, 5.41) is 7.39. The van der Waals surface area contributed by atoms with E-state index in [0.29, 0.717) is 6.54 Å². The Morgan fingerprint density at radius 2 is 1.81 bits per heavy atom. The van der Waals surface area contributed by atoms with Gasteiger partial charge in [-0.2, -0.15) is 5.10 Å². The van der Waals surface area contributed by atoms with E-state index in [-0.39, 0.29) is 0 Å². The van der Waals surface area contributed by atoms with Crippen LogP contribution in [0.3, 0.4) is 0 Å². The lowest BCUT2D eigenvalue weighted by molar-refractivity contribution is 0.277. The first-order chi connectivity index (χ1) is 12.8. The first-order valence-corrected chi connectivity index (χ1v) is 8.93. The van der Waals surface area contributed by atoms with Crippen LogP contribution < -0.4 is 10.5 Å². The van der Waals surface area contributed by atoms with E-state index in [0.717, 1.165) is 43.1 Å². The Bertz CT molecular complexity index is 783. The van der Waals surface area contributed by atoms with Crippen molar-refractivity contribution < 1.29 is 4.74 Å². The second-order valence-electron chi connectivity index (χ2n) is 6.30. The Hall–Kier alpha value is -2.63. The van der Waals surface area contributed by atoms with Gasteiger partial charge in [-0.05, 0) is 36.2 Å². The molecule has 0 aliphatic carbocycles. The normalized spacial score (nSPS) is 11.0. The molecule has 0 spiro atoms. The summed E-state index contributed by atoms with van der Waals surface area (Å²) >= 11 is 0. The van der Waals surface area contributed by atoms with E-state index in [1.54, 1.807) is 7.11 Å². The molecule has 5 heteroatoms. The number of nitrogens with one attached hydrogen (secondary N) is 1. The fourth-order valence-corrected chi connectivity index (χ4v) is 3.06. The van der Waals surface area contributed by atoms with Gasteiger partial charge < -0.3 is 10.5 Å². The molecule has 0 aliphatic rings. The van der Waals surface area contributed by atoms with Crippen molar-refractivity contribution in [3.8, 4) is 17.0 Å². The van der Waals surface area contributed by atoms with Gasteiger partial charge in [0.25, 0.3) is 0 Å². The summed E-state index contributed by atoms with van der Waals surface area (Å²) in [6.07, 6.45) is 2.92. The Kier molecular flexibility index (Phi) is 6.41. The number of aromatic amines is 1. The lowest BCUT2D eigenvalue weighted by Gasteiger charge is -2.21. The number of H-pyrrole nitrogens is 1. The summed E-state index contributed by atoms with van der Waals surface area (Å²) in [5.41, 5.74) is 10.5. The lowest BCUT2D eigenvalue weighted by atomic mass is 10.1. The van der Waals surface area contributed by atoms with Gasteiger partial charge in [0.05, 0.1) is 19.0 Å². The third-order valence-electron chi connectivity index (χ3n) is 4.50. The van der Waals surface area contributed by atoms with Crippen LogP contribution in [0.15, 0.2) is 60.8 Å². The second kappa shape index (κ2) is 9.17. The fourth-order valence-electron chi connectivity index (χ4n) is 3.06. The Balaban J connectivity index is 1.70. The average molecular weight is 350 g/mol. The molecule has 0 aliphatic heterocycles. The summed E-state index contributed by atoms with van der Waals surface area (Å²) in [5.74, 6) is 0.849. The summed E-state index contributed by atoms with van der Waals surface area (Å²) in [6, 6.07) is 18.6. The van der Waals surface area contributed by atoms with Crippen LogP contribution in [0.5, 0.6) is 5.75 Å². The smallest absolute Gasteiger partial charge is 0.118 e. The van der Waals surface area contributed by atoms with Crippen molar-refractivity contribution in [2.75, 3.05) is 26.7 Å². The van der Waals surface area contributed by atoms with Crippen LogP contribution in [0, 0.1) is 0 Å². The van der Waals surface area contributed by atoms with Gasteiger partial charge in [-0.15, -0.1) is 0 Å². The van der Waals surface area contributed by atoms with Crippen molar-refractivity contribution in [2.24, 2.45) is 5.73 Å². The first-order valence-electron chi connectivity index (χ1n) is 8.93. The van der Waals surface area contributed by atoms with E-state index in [1.807, 2.05) is 36.5 Å². The molecule has 0 unspecified atom stereocenters. The summed E-state index contributed by atoms with van der Waals surface area (Å²) in [4.78, 5) is 2.38. The SMILES string of the molecule is COc1ccc(-c2[nH]ncc2CN(CCN)CCc2ccccc2)cc1. The van der Waals surface area contributed by atoms with Crippen molar-refractivity contribution in [1.82, 2.24) is 15.1 Å². The van der Waals surface area contributed by atoms with E-state index in [2.05, 4.69) is 39.4 Å². The zero-order chi connectivity index (χ0) is 18.2. The minimum Gasteiger partial charge on any atom is -0.497 e. The van der Waals surface area contributed by atoms with Gasteiger partial charge >= 0.3 is 0 Å². The van der Waals surface area contributed by atoms with Gasteiger partial charge in [-0.3, -0.25) is 10.00 Å². The van der Waals surface area contributed by atoms with Gasteiger partial charge in [0, 0.05) is 37.3 Å². The lowest BCUT2D eigenvalue weighted by Crippen LogP contribution is -2.31. The van der Waals surface area contributed by atoms with Crippen molar-refractivity contribution in [3.05, 3.63) is 71.9 Å². The number of aromatic nitrogens is 2. The van der Waals surface area contributed by atoms with E-state index in [9.17, 15) is 0 Å². The third-order valence-corrected chi connectivity index (χ3v) is 4.50. The zero-order valence-electron chi connectivity index (χ0n) is 15.2. The molecule has 1 heterocycles. The average Bonchev–Trinajstić information content (AvgIpc) is 3.15. The number of rotatable bonds is 9. The van der Waals surface area contributed by atoms with Crippen molar-refractivity contribution in [3.63, 3.8) is 0 Å². The maximum absolute atomic E-state index is 5.83. The number of ether oxygens (including phenoxy) is 1. The molecule has 0 amide bonds. The third kappa shape index (κ3) is 4.71. The van der Waals surface area contributed by atoms with Crippen LogP contribution in [0.25, 0.3) is 11.3 Å². The highest BCUT2D eigenvalue weighted by Gasteiger charge is 2.12. The predicted octanol–water partition coefficient (Wildman–Crippen LogP) is 3.09. The fraction of sp³-hybridized carbons (Fsp3) is 0.286. The molecule has 0 saturated carbocycles. The topological polar surface area (TPSA) is 67.2 Å². The number of benzene rings is 2. The molecule has 2 aromatic carbocycles. The summed E-state index contributed by atoms with van der Waals surface area (Å²) in [6.45, 7) is 3.29. The van der Waals surface area contributed by atoms with E-state index < -0.39 is 0 Å². The molecule has 26 heavy (non-hydrogen) atoms. The van der Waals surface area contributed by atoms with Gasteiger partial charge in [0.15, 0.2) is 0 Å². The summed E-state index contributed by atoms with van der Waals surface area (Å²) < 4.78 is 5.24. The van der Waals surface area contributed by atoms with E-state index >= 15 is 0 Å².